The zero-order chi connectivity index (χ0) is 29.4. The van der Waals surface area contributed by atoms with Crippen LogP contribution in [0.5, 0.6) is 0 Å². The molecule has 214 valence electrons. The second-order valence-corrected chi connectivity index (χ2v) is 11.0. The fourth-order valence-electron chi connectivity index (χ4n) is 3.30. The number of carbonyl (C=O) groups is 3. The van der Waals surface area contributed by atoms with E-state index in [9.17, 15) is 18.8 Å². The summed E-state index contributed by atoms with van der Waals surface area (Å²) in [4.78, 5) is 47.6. The number of carbonyl (C=O) groups excluding carboxylic acids is 3. The van der Waals surface area contributed by atoms with Crippen LogP contribution in [0.4, 0.5) is 23.2 Å². The SMILES string of the molecule is CC#C/C=C(/F)C(C)C(F)CCN(C(=O)OC(C)(C)C)/C(=N/C(=O)OC(C)(C)C)N1CN(C)C(=O)N(C)C1. The molecule has 0 aromatic carbocycles. The molecular formula is C26H41F2N5O5. The highest BCUT2D eigenvalue weighted by molar-refractivity contribution is 5.99. The molecule has 2 unspecified atom stereocenters. The second kappa shape index (κ2) is 13.4. The maximum absolute atomic E-state index is 15.1. The van der Waals surface area contributed by atoms with E-state index in [-0.39, 0.29) is 38.3 Å². The summed E-state index contributed by atoms with van der Waals surface area (Å²) in [6.45, 7) is 12.5. The average Bonchev–Trinajstić information content (AvgIpc) is 2.76. The number of halogens is 2. The molecule has 0 spiro atoms. The highest BCUT2D eigenvalue weighted by Crippen LogP contribution is 2.23. The first kappa shape index (κ1) is 32.7. The van der Waals surface area contributed by atoms with Crippen molar-refractivity contribution in [2.24, 2.45) is 10.9 Å². The van der Waals surface area contributed by atoms with Crippen molar-refractivity contribution in [1.82, 2.24) is 19.6 Å². The van der Waals surface area contributed by atoms with E-state index in [0.29, 0.717) is 0 Å². The Hall–Kier alpha value is -3.36. The third kappa shape index (κ3) is 10.6. The molecule has 1 aliphatic rings. The molecule has 0 aromatic rings. The number of nitrogens with zero attached hydrogens (tertiary/aromatic N) is 5. The van der Waals surface area contributed by atoms with Gasteiger partial charge < -0.3 is 24.2 Å². The van der Waals surface area contributed by atoms with Gasteiger partial charge in [0.25, 0.3) is 0 Å². The lowest BCUT2D eigenvalue weighted by Gasteiger charge is -2.42. The molecule has 0 aromatic heterocycles. The van der Waals surface area contributed by atoms with E-state index in [1.54, 1.807) is 55.6 Å². The molecule has 0 radical (unpaired) electrons. The van der Waals surface area contributed by atoms with Gasteiger partial charge in [-0.05, 0) is 54.9 Å². The van der Waals surface area contributed by atoms with Crippen molar-refractivity contribution < 1.29 is 32.6 Å². The van der Waals surface area contributed by atoms with Crippen molar-refractivity contribution in [1.29, 1.82) is 0 Å². The normalized spacial score (nSPS) is 16.9. The van der Waals surface area contributed by atoms with Gasteiger partial charge in [0.1, 0.15) is 23.2 Å². The van der Waals surface area contributed by atoms with E-state index in [2.05, 4.69) is 16.8 Å². The zero-order valence-corrected chi connectivity index (χ0v) is 24.1. The maximum atomic E-state index is 15.1. The van der Waals surface area contributed by atoms with Crippen LogP contribution in [0.15, 0.2) is 16.9 Å². The molecule has 1 saturated heterocycles. The monoisotopic (exact) mass is 541 g/mol. The summed E-state index contributed by atoms with van der Waals surface area (Å²) >= 11 is 0. The summed E-state index contributed by atoms with van der Waals surface area (Å²) in [5.74, 6) is 2.94. The molecule has 1 fully saturated rings. The zero-order valence-electron chi connectivity index (χ0n) is 24.1. The molecule has 12 heteroatoms. The molecular weight excluding hydrogens is 500 g/mol. The standard InChI is InChI=1S/C26H41F2N5O5/c1-11-12-13-19(27)18(2)20(28)14-15-33(24(36)38-26(6,7)8)21(29-22(34)37-25(3,4)5)32-16-30(9)23(35)31(10)17-32/h13,18,20H,14-17H2,1-10H3/b19-13+,29-21+. The first-order valence-corrected chi connectivity index (χ1v) is 12.3. The van der Waals surface area contributed by atoms with Crippen LogP contribution in [0.25, 0.3) is 0 Å². The van der Waals surface area contributed by atoms with E-state index in [1.807, 2.05) is 0 Å². The quantitative estimate of drug-likeness (QED) is 0.277. The maximum Gasteiger partial charge on any atom is 0.437 e. The summed E-state index contributed by atoms with van der Waals surface area (Å²) in [5.41, 5.74) is -1.80. The molecule has 10 nitrogen and oxygen atoms in total. The number of alkyl halides is 1. The molecule has 0 saturated carbocycles. The number of amides is 4. The van der Waals surface area contributed by atoms with E-state index in [1.165, 1.54) is 28.5 Å². The Morgan fingerprint density at radius 1 is 1.11 bits per heavy atom. The highest BCUT2D eigenvalue weighted by atomic mass is 19.1. The third-order valence-corrected chi connectivity index (χ3v) is 5.10. The fraction of sp³-hybridized carbons (Fsp3) is 0.692. The van der Waals surface area contributed by atoms with E-state index < -0.39 is 41.3 Å². The van der Waals surface area contributed by atoms with Gasteiger partial charge in [-0.2, -0.15) is 0 Å². The Bertz CT molecular complexity index is 977. The lowest BCUT2D eigenvalue weighted by molar-refractivity contribution is 0.0298. The van der Waals surface area contributed by atoms with Crippen molar-refractivity contribution in [2.75, 3.05) is 34.0 Å². The predicted molar refractivity (Wildman–Crippen MR) is 140 cm³/mol. The second-order valence-electron chi connectivity index (χ2n) is 11.0. The number of guanidine groups is 1. The van der Waals surface area contributed by atoms with Gasteiger partial charge in [-0.3, -0.25) is 0 Å². The summed E-state index contributed by atoms with van der Waals surface area (Å²) in [5, 5.41) is 0. The van der Waals surface area contributed by atoms with Crippen molar-refractivity contribution in [3.05, 3.63) is 11.9 Å². The number of allylic oxidation sites excluding steroid dienone is 2. The van der Waals surface area contributed by atoms with Gasteiger partial charge in [-0.25, -0.2) is 28.1 Å². The van der Waals surface area contributed by atoms with E-state index in [0.717, 1.165) is 11.0 Å². The Morgan fingerprint density at radius 3 is 2.11 bits per heavy atom. The number of hydrogen-bond acceptors (Lipinski definition) is 5. The van der Waals surface area contributed by atoms with E-state index >= 15 is 4.39 Å². The molecule has 4 amide bonds. The van der Waals surface area contributed by atoms with Gasteiger partial charge in [0.05, 0.1) is 13.3 Å². The average molecular weight is 542 g/mol. The Kier molecular flexibility index (Phi) is 11.6. The number of urea groups is 1. The van der Waals surface area contributed by atoms with Crippen LogP contribution >= 0.6 is 0 Å². The van der Waals surface area contributed by atoms with Crippen LogP contribution in [0.2, 0.25) is 0 Å². The first-order valence-electron chi connectivity index (χ1n) is 12.3. The van der Waals surface area contributed by atoms with Crippen molar-refractivity contribution in [3.8, 4) is 11.8 Å². The third-order valence-electron chi connectivity index (χ3n) is 5.10. The minimum Gasteiger partial charge on any atom is -0.443 e. The van der Waals surface area contributed by atoms with Gasteiger partial charge in [0.15, 0.2) is 0 Å². The minimum absolute atomic E-state index is 0.0212. The highest BCUT2D eigenvalue weighted by Gasteiger charge is 2.36. The van der Waals surface area contributed by atoms with Gasteiger partial charge in [0.2, 0.25) is 5.96 Å². The lowest BCUT2D eigenvalue weighted by atomic mass is 10.0. The summed E-state index contributed by atoms with van der Waals surface area (Å²) < 4.78 is 40.3. The van der Waals surface area contributed by atoms with Crippen LogP contribution in [0.3, 0.4) is 0 Å². The summed E-state index contributed by atoms with van der Waals surface area (Å²) in [6, 6.07) is -0.281. The van der Waals surface area contributed by atoms with Crippen LogP contribution in [-0.2, 0) is 9.47 Å². The number of aliphatic imine (C=N–C) groups is 1. The first-order chi connectivity index (χ1) is 17.4. The number of ether oxygens (including phenoxy) is 2. The number of rotatable bonds is 5. The minimum atomic E-state index is -1.69. The Balaban J connectivity index is 3.47. The van der Waals surface area contributed by atoms with Crippen LogP contribution in [0, 0.1) is 17.8 Å². The predicted octanol–water partition coefficient (Wildman–Crippen LogP) is 4.97. The lowest BCUT2D eigenvalue weighted by Crippen LogP contribution is -2.61. The molecule has 1 aliphatic heterocycles. The summed E-state index contributed by atoms with van der Waals surface area (Å²) in [7, 11) is 3.09. The topological polar surface area (TPSA) is 95.0 Å². The van der Waals surface area contributed by atoms with Crippen molar-refractivity contribution in [3.63, 3.8) is 0 Å². The van der Waals surface area contributed by atoms with Crippen LogP contribution in [0.1, 0.15) is 61.8 Å². The van der Waals surface area contributed by atoms with Gasteiger partial charge >= 0.3 is 18.2 Å². The van der Waals surface area contributed by atoms with Crippen molar-refractivity contribution >= 4 is 24.2 Å². The Morgan fingerprint density at radius 2 is 1.63 bits per heavy atom. The molecule has 0 N–H and O–H groups in total. The Labute approximate surface area is 224 Å². The molecule has 2 atom stereocenters. The van der Waals surface area contributed by atoms with Crippen molar-refractivity contribution in [2.45, 2.75) is 79.2 Å². The van der Waals surface area contributed by atoms with Crippen LogP contribution in [-0.4, -0.2) is 95.1 Å². The van der Waals surface area contributed by atoms with E-state index in [4.69, 9.17) is 9.47 Å². The molecule has 0 aliphatic carbocycles. The smallest absolute Gasteiger partial charge is 0.437 e. The van der Waals surface area contributed by atoms with Gasteiger partial charge in [-0.1, -0.05) is 12.8 Å². The van der Waals surface area contributed by atoms with Gasteiger partial charge in [-0.15, -0.1) is 10.9 Å². The van der Waals surface area contributed by atoms with Gasteiger partial charge in [0, 0.05) is 32.6 Å². The fourth-order valence-corrected chi connectivity index (χ4v) is 3.30. The largest absolute Gasteiger partial charge is 0.443 e. The molecule has 1 heterocycles. The van der Waals surface area contributed by atoms with Crippen LogP contribution < -0.4 is 0 Å². The number of hydrogen-bond donors (Lipinski definition) is 0. The molecule has 38 heavy (non-hydrogen) atoms. The molecule has 0 bridgehead atoms. The summed E-state index contributed by atoms with van der Waals surface area (Å²) in [6.07, 6.45) is -2.86. The molecule has 1 rings (SSSR count).